The van der Waals surface area contributed by atoms with Crippen molar-refractivity contribution in [1.29, 1.82) is 0 Å². The number of nitrogens with zero attached hydrogens (tertiary/aromatic N) is 2. The van der Waals surface area contributed by atoms with Crippen molar-refractivity contribution in [3.8, 4) is 11.3 Å². The highest BCUT2D eigenvalue weighted by molar-refractivity contribution is 6.12. The van der Waals surface area contributed by atoms with Crippen LogP contribution in [0.25, 0.3) is 44.0 Å². The van der Waals surface area contributed by atoms with E-state index in [-0.39, 0.29) is 0 Å². The highest BCUT2D eigenvalue weighted by Gasteiger charge is 2.12. The minimum atomic E-state index is 0.970. The van der Waals surface area contributed by atoms with E-state index in [0.29, 0.717) is 0 Å². The van der Waals surface area contributed by atoms with Crippen LogP contribution in [0.15, 0.2) is 73.1 Å². The van der Waals surface area contributed by atoms with Crippen LogP contribution in [0.1, 0.15) is 0 Å². The van der Waals surface area contributed by atoms with Crippen molar-refractivity contribution in [1.82, 2.24) is 15.0 Å². The van der Waals surface area contributed by atoms with Crippen LogP contribution in [0.4, 0.5) is 0 Å². The van der Waals surface area contributed by atoms with Gasteiger partial charge in [-0.1, -0.05) is 36.4 Å². The Balaban J connectivity index is 1.93. The Morgan fingerprint density at radius 1 is 0.652 bits per heavy atom. The molecule has 0 atom stereocenters. The number of nitrogens with one attached hydrogen (secondary N) is 1. The molecule has 0 aliphatic carbocycles. The first-order chi connectivity index (χ1) is 11.4. The fourth-order valence-electron chi connectivity index (χ4n) is 3.29. The minimum Gasteiger partial charge on any atom is -0.353 e. The van der Waals surface area contributed by atoms with Crippen LogP contribution < -0.4 is 0 Å². The van der Waals surface area contributed by atoms with Gasteiger partial charge in [0, 0.05) is 39.6 Å². The minimum absolute atomic E-state index is 0.970. The average molecular weight is 295 g/mol. The molecule has 3 heteroatoms. The second kappa shape index (κ2) is 4.65. The van der Waals surface area contributed by atoms with Gasteiger partial charge in [-0.15, -0.1) is 0 Å². The zero-order valence-corrected chi connectivity index (χ0v) is 12.3. The highest BCUT2D eigenvalue weighted by atomic mass is 14.8. The Bertz CT molecular complexity index is 1170. The van der Waals surface area contributed by atoms with E-state index < -0.39 is 0 Å². The van der Waals surface area contributed by atoms with Gasteiger partial charge in [-0.25, -0.2) is 0 Å². The number of para-hydroxylation sites is 1. The molecule has 1 N–H and O–H groups in total. The third-order valence-electron chi connectivity index (χ3n) is 4.33. The Morgan fingerprint density at radius 3 is 2.57 bits per heavy atom. The molecule has 23 heavy (non-hydrogen) atoms. The summed E-state index contributed by atoms with van der Waals surface area (Å²) in [5.41, 5.74) is 5.27. The van der Waals surface area contributed by atoms with E-state index in [2.05, 4.69) is 51.4 Å². The van der Waals surface area contributed by atoms with Gasteiger partial charge in [0.2, 0.25) is 0 Å². The predicted molar refractivity (Wildman–Crippen MR) is 94.3 cm³/mol. The van der Waals surface area contributed by atoms with E-state index in [0.717, 1.165) is 33.2 Å². The van der Waals surface area contributed by atoms with Crippen molar-refractivity contribution in [2.75, 3.05) is 0 Å². The van der Waals surface area contributed by atoms with Gasteiger partial charge in [0.05, 0.1) is 16.7 Å². The number of pyridine rings is 2. The molecule has 0 fully saturated rings. The molecule has 2 aromatic carbocycles. The molecule has 108 valence electrons. The molecule has 0 unspecified atom stereocenters. The number of fused-ring (bicyclic) bond motifs is 4. The number of aromatic amines is 1. The highest BCUT2D eigenvalue weighted by Crippen LogP contribution is 2.34. The molecule has 0 amide bonds. The molecule has 3 heterocycles. The summed E-state index contributed by atoms with van der Waals surface area (Å²) in [5.74, 6) is 0. The lowest BCUT2D eigenvalue weighted by atomic mass is 10.0. The lowest BCUT2D eigenvalue weighted by Crippen LogP contribution is -1.88. The van der Waals surface area contributed by atoms with Crippen LogP contribution in [0.2, 0.25) is 0 Å². The zero-order valence-electron chi connectivity index (χ0n) is 12.3. The Labute approximate surface area is 132 Å². The van der Waals surface area contributed by atoms with Gasteiger partial charge in [0.1, 0.15) is 0 Å². The monoisotopic (exact) mass is 295 g/mol. The van der Waals surface area contributed by atoms with Crippen LogP contribution in [0, 0.1) is 0 Å². The molecule has 0 radical (unpaired) electrons. The van der Waals surface area contributed by atoms with Gasteiger partial charge in [0.15, 0.2) is 0 Å². The lowest BCUT2D eigenvalue weighted by molar-refractivity contribution is 1.34. The number of hydrogen-bond donors (Lipinski definition) is 1. The van der Waals surface area contributed by atoms with Gasteiger partial charge in [-0.05, 0) is 24.3 Å². The van der Waals surface area contributed by atoms with Crippen LogP contribution in [-0.4, -0.2) is 15.0 Å². The summed E-state index contributed by atoms with van der Waals surface area (Å²) < 4.78 is 0. The molecule has 0 aliphatic heterocycles. The number of rotatable bonds is 1. The normalized spacial score (nSPS) is 11.5. The predicted octanol–water partition coefficient (Wildman–Crippen LogP) is 4.93. The summed E-state index contributed by atoms with van der Waals surface area (Å²) in [6.07, 6.45) is 3.70. The standard InChI is InChI=1S/C20H13N3/c1-2-8-18-14(5-1)16-10-12-22-19(20(16)23-18)15-6-3-9-17-13(15)7-4-11-21-17/h1-12,23H. The molecule has 3 nitrogen and oxygen atoms in total. The van der Waals surface area contributed by atoms with Crippen molar-refractivity contribution < 1.29 is 0 Å². The Kier molecular flexibility index (Phi) is 2.50. The van der Waals surface area contributed by atoms with Gasteiger partial charge in [0.25, 0.3) is 0 Å². The Hall–Kier alpha value is -3.20. The molecule has 0 aliphatic rings. The number of aromatic nitrogens is 3. The second-order valence-electron chi connectivity index (χ2n) is 5.63. The summed E-state index contributed by atoms with van der Waals surface area (Å²) in [6, 6.07) is 20.7. The van der Waals surface area contributed by atoms with Gasteiger partial charge < -0.3 is 4.98 Å². The fraction of sp³-hybridized carbons (Fsp3) is 0. The molecule has 5 aromatic rings. The zero-order chi connectivity index (χ0) is 15.2. The van der Waals surface area contributed by atoms with Crippen molar-refractivity contribution in [3.63, 3.8) is 0 Å². The van der Waals surface area contributed by atoms with Crippen LogP contribution in [0.5, 0.6) is 0 Å². The molecule has 5 rings (SSSR count). The summed E-state index contributed by atoms with van der Waals surface area (Å²) in [7, 11) is 0. The molecule has 0 bridgehead atoms. The molecule has 0 saturated carbocycles. The molecule has 0 saturated heterocycles. The number of benzene rings is 2. The number of H-pyrrole nitrogens is 1. The van der Waals surface area contributed by atoms with E-state index in [1.54, 1.807) is 0 Å². The van der Waals surface area contributed by atoms with Gasteiger partial charge in [-0.3, -0.25) is 9.97 Å². The fourth-order valence-corrected chi connectivity index (χ4v) is 3.29. The van der Waals surface area contributed by atoms with Crippen molar-refractivity contribution in [2.24, 2.45) is 0 Å². The third kappa shape index (κ3) is 1.77. The average Bonchev–Trinajstić information content (AvgIpc) is 3.00. The van der Waals surface area contributed by atoms with Gasteiger partial charge in [-0.2, -0.15) is 0 Å². The lowest BCUT2D eigenvalue weighted by Gasteiger charge is -2.06. The van der Waals surface area contributed by atoms with Crippen LogP contribution in [-0.2, 0) is 0 Å². The number of hydrogen-bond acceptors (Lipinski definition) is 2. The summed E-state index contributed by atoms with van der Waals surface area (Å²) in [6.45, 7) is 0. The smallest absolute Gasteiger partial charge is 0.0949 e. The van der Waals surface area contributed by atoms with E-state index in [4.69, 9.17) is 0 Å². The summed E-state index contributed by atoms with van der Waals surface area (Å²) in [4.78, 5) is 12.6. The molecule has 3 aromatic heterocycles. The van der Waals surface area contributed by atoms with Crippen LogP contribution >= 0.6 is 0 Å². The SMILES string of the molecule is c1cc(-c2nccc3c2[nH]c2ccccc23)c2cccnc2c1. The van der Waals surface area contributed by atoms with E-state index >= 15 is 0 Å². The maximum Gasteiger partial charge on any atom is 0.0949 e. The van der Waals surface area contributed by atoms with E-state index in [1.165, 1.54) is 10.8 Å². The first-order valence-corrected chi connectivity index (χ1v) is 7.61. The first kappa shape index (κ1) is 12.4. The maximum atomic E-state index is 4.66. The van der Waals surface area contributed by atoms with E-state index in [9.17, 15) is 0 Å². The quantitative estimate of drug-likeness (QED) is 0.476. The third-order valence-corrected chi connectivity index (χ3v) is 4.33. The second-order valence-corrected chi connectivity index (χ2v) is 5.63. The summed E-state index contributed by atoms with van der Waals surface area (Å²) >= 11 is 0. The molecule has 0 spiro atoms. The van der Waals surface area contributed by atoms with Crippen molar-refractivity contribution >= 4 is 32.7 Å². The topological polar surface area (TPSA) is 41.6 Å². The Morgan fingerprint density at radius 2 is 1.57 bits per heavy atom. The summed E-state index contributed by atoms with van der Waals surface area (Å²) in [5, 5.41) is 3.55. The van der Waals surface area contributed by atoms with Gasteiger partial charge >= 0.3 is 0 Å². The van der Waals surface area contributed by atoms with Crippen LogP contribution in [0.3, 0.4) is 0 Å². The maximum absolute atomic E-state index is 4.66. The van der Waals surface area contributed by atoms with Crippen molar-refractivity contribution in [3.05, 3.63) is 73.1 Å². The van der Waals surface area contributed by atoms with Crippen molar-refractivity contribution in [2.45, 2.75) is 0 Å². The largest absolute Gasteiger partial charge is 0.353 e. The first-order valence-electron chi connectivity index (χ1n) is 7.61. The molecular weight excluding hydrogens is 282 g/mol. The van der Waals surface area contributed by atoms with E-state index in [1.807, 2.05) is 36.7 Å². The molecular formula is C20H13N3.